The lowest BCUT2D eigenvalue weighted by Gasteiger charge is -2.16. The molecule has 2 N–H and O–H groups in total. The van der Waals surface area contributed by atoms with Gasteiger partial charge in [-0.3, -0.25) is 14.6 Å². The average Bonchev–Trinajstić information content (AvgIpc) is 2.72. The smallest absolute Gasteiger partial charge is 0.254 e. The van der Waals surface area contributed by atoms with E-state index in [4.69, 9.17) is 0 Å². The topological polar surface area (TPSA) is 73.4 Å². The average molecular weight is 343 g/mol. The summed E-state index contributed by atoms with van der Waals surface area (Å²) < 4.78 is 0.974. The second kappa shape index (κ2) is 5.58. The zero-order valence-corrected chi connectivity index (χ0v) is 12.4. The molecule has 0 aliphatic heterocycles. The van der Waals surface area contributed by atoms with Crippen LogP contribution in [0.5, 0.6) is 5.88 Å². The largest absolute Gasteiger partial charge is 0.494 e. The predicted octanol–water partition coefficient (Wildman–Crippen LogP) is 2.18. The third-order valence-electron chi connectivity index (χ3n) is 2.44. The summed E-state index contributed by atoms with van der Waals surface area (Å²) in [6, 6.07) is 4.34. The second-order valence-corrected chi connectivity index (χ2v) is 5.92. The van der Waals surface area contributed by atoms with Crippen molar-refractivity contribution >= 4 is 33.2 Å². The van der Waals surface area contributed by atoms with Gasteiger partial charge in [-0.25, -0.2) is 0 Å². The number of pyridine rings is 1. The van der Waals surface area contributed by atoms with Crippen LogP contribution in [0.2, 0.25) is 0 Å². The Balaban J connectivity index is 2.16. The van der Waals surface area contributed by atoms with Crippen molar-refractivity contribution in [1.82, 2.24) is 9.88 Å². The number of H-pyrrole nitrogens is 1. The van der Waals surface area contributed by atoms with Crippen LogP contribution >= 0.6 is 27.3 Å². The summed E-state index contributed by atoms with van der Waals surface area (Å²) in [5, 5.41) is 11.2. The maximum absolute atomic E-state index is 12.1. The number of rotatable bonds is 3. The maximum Gasteiger partial charge on any atom is 0.254 e. The van der Waals surface area contributed by atoms with Gasteiger partial charge in [-0.05, 0) is 22.0 Å². The van der Waals surface area contributed by atoms with Crippen molar-refractivity contribution in [3.05, 3.63) is 48.8 Å². The van der Waals surface area contributed by atoms with Crippen LogP contribution in [0.1, 0.15) is 15.2 Å². The van der Waals surface area contributed by atoms with Crippen LogP contribution in [-0.4, -0.2) is 27.9 Å². The van der Waals surface area contributed by atoms with Gasteiger partial charge in [-0.2, -0.15) is 0 Å². The first kappa shape index (κ1) is 13.8. The Morgan fingerprint density at radius 2 is 2.21 bits per heavy atom. The van der Waals surface area contributed by atoms with Crippen molar-refractivity contribution in [2.24, 2.45) is 0 Å². The monoisotopic (exact) mass is 342 g/mol. The molecule has 0 atom stereocenters. The summed E-state index contributed by atoms with van der Waals surface area (Å²) in [6.07, 6.45) is 0. The zero-order chi connectivity index (χ0) is 14.0. The van der Waals surface area contributed by atoms with Gasteiger partial charge in [-0.1, -0.05) is 0 Å². The van der Waals surface area contributed by atoms with E-state index in [0.717, 1.165) is 9.35 Å². The van der Waals surface area contributed by atoms with E-state index in [-0.39, 0.29) is 17.4 Å². The SMILES string of the molecule is CN(Cc1cc(Br)cs1)C(=O)c1cc(O)[nH]c(=O)c1. The molecular formula is C12H11BrN2O3S. The number of halogens is 1. The standard InChI is InChI=1S/C12H11BrN2O3S/c1-15(5-9-4-8(13)6-19-9)12(18)7-2-10(16)14-11(17)3-7/h2-4,6H,5H2,1H3,(H2,14,16,17). The number of nitrogens with one attached hydrogen (secondary N) is 1. The Labute approximate surface area is 121 Å². The summed E-state index contributed by atoms with van der Waals surface area (Å²) in [5.41, 5.74) is -0.338. The molecule has 2 heterocycles. The number of aromatic nitrogens is 1. The third-order valence-corrected chi connectivity index (χ3v) is 4.12. The number of carbonyl (C=O) groups is 1. The molecule has 2 aromatic rings. The van der Waals surface area contributed by atoms with E-state index in [0.29, 0.717) is 6.54 Å². The Hall–Kier alpha value is -1.60. The number of aromatic amines is 1. The Bertz CT molecular complexity index is 665. The van der Waals surface area contributed by atoms with Gasteiger partial charge >= 0.3 is 0 Å². The number of carbonyl (C=O) groups excluding carboxylic acids is 1. The first-order valence-corrected chi connectivity index (χ1v) is 7.04. The maximum atomic E-state index is 12.1. The summed E-state index contributed by atoms with van der Waals surface area (Å²) in [7, 11) is 1.65. The molecule has 0 aliphatic rings. The van der Waals surface area contributed by atoms with E-state index in [1.54, 1.807) is 7.05 Å². The zero-order valence-electron chi connectivity index (χ0n) is 10.0. The highest BCUT2D eigenvalue weighted by molar-refractivity contribution is 9.10. The van der Waals surface area contributed by atoms with E-state index in [1.165, 1.54) is 28.4 Å². The summed E-state index contributed by atoms with van der Waals surface area (Å²) >= 11 is 4.89. The lowest BCUT2D eigenvalue weighted by atomic mass is 10.2. The van der Waals surface area contributed by atoms with Crippen LogP contribution in [0.25, 0.3) is 0 Å². The number of nitrogens with zero attached hydrogens (tertiary/aromatic N) is 1. The fourth-order valence-corrected chi connectivity index (χ4v) is 3.12. The van der Waals surface area contributed by atoms with Gasteiger partial charge < -0.3 is 10.0 Å². The van der Waals surface area contributed by atoms with E-state index >= 15 is 0 Å². The molecule has 19 heavy (non-hydrogen) atoms. The summed E-state index contributed by atoms with van der Waals surface area (Å²) in [4.78, 5) is 28.0. The van der Waals surface area contributed by atoms with Crippen LogP contribution in [0.4, 0.5) is 0 Å². The van der Waals surface area contributed by atoms with Gasteiger partial charge in [0, 0.05) is 33.9 Å². The van der Waals surface area contributed by atoms with Crippen molar-refractivity contribution in [1.29, 1.82) is 0 Å². The first-order chi connectivity index (χ1) is 8.95. The Kier molecular flexibility index (Phi) is 4.06. The molecule has 0 bridgehead atoms. The fraction of sp³-hybridized carbons (Fsp3) is 0.167. The first-order valence-electron chi connectivity index (χ1n) is 5.37. The number of thiophene rings is 1. The quantitative estimate of drug-likeness (QED) is 0.897. The third kappa shape index (κ3) is 3.45. The minimum absolute atomic E-state index is 0.166. The van der Waals surface area contributed by atoms with Crippen LogP contribution in [-0.2, 0) is 6.54 Å². The van der Waals surface area contributed by atoms with Crippen molar-refractivity contribution in [3.8, 4) is 5.88 Å². The highest BCUT2D eigenvalue weighted by atomic mass is 79.9. The van der Waals surface area contributed by atoms with Crippen molar-refractivity contribution < 1.29 is 9.90 Å². The lowest BCUT2D eigenvalue weighted by molar-refractivity contribution is 0.0785. The molecular weight excluding hydrogens is 332 g/mol. The molecule has 0 saturated carbocycles. The van der Waals surface area contributed by atoms with Crippen molar-refractivity contribution in [3.63, 3.8) is 0 Å². The minimum atomic E-state index is -0.504. The van der Waals surface area contributed by atoms with Crippen LogP contribution < -0.4 is 5.56 Å². The molecule has 0 saturated heterocycles. The van der Waals surface area contributed by atoms with E-state index in [1.807, 2.05) is 11.4 Å². The predicted molar refractivity (Wildman–Crippen MR) is 76.5 cm³/mol. The summed E-state index contributed by atoms with van der Waals surface area (Å²) in [5.74, 6) is -0.631. The Morgan fingerprint density at radius 1 is 1.47 bits per heavy atom. The molecule has 5 nitrogen and oxygen atoms in total. The normalized spacial score (nSPS) is 10.4. The molecule has 0 radical (unpaired) electrons. The van der Waals surface area contributed by atoms with Crippen LogP contribution in [0.3, 0.4) is 0 Å². The van der Waals surface area contributed by atoms with E-state index in [2.05, 4.69) is 20.9 Å². The van der Waals surface area contributed by atoms with Gasteiger partial charge in [0.05, 0.1) is 12.1 Å². The van der Waals surface area contributed by atoms with Gasteiger partial charge in [0.25, 0.3) is 11.5 Å². The molecule has 2 rings (SSSR count). The number of amides is 1. The van der Waals surface area contributed by atoms with Gasteiger partial charge in [0.2, 0.25) is 0 Å². The number of aromatic hydroxyl groups is 1. The molecule has 0 spiro atoms. The fourth-order valence-electron chi connectivity index (χ4n) is 1.61. The lowest BCUT2D eigenvalue weighted by Crippen LogP contribution is -2.26. The molecule has 0 aromatic carbocycles. The number of hydrogen-bond donors (Lipinski definition) is 2. The molecule has 0 unspecified atom stereocenters. The molecule has 7 heteroatoms. The Morgan fingerprint density at radius 3 is 2.79 bits per heavy atom. The van der Waals surface area contributed by atoms with Crippen molar-refractivity contribution in [2.45, 2.75) is 6.54 Å². The highest BCUT2D eigenvalue weighted by Gasteiger charge is 2.14. The van der Waals surface area contributed by atoms with Gasteiger partial charge in [0.15, 0.2) is 5.88 Å². The molecule has 0 fully saturated rings. The highest BCUT2D eigenvalue weighted by Crippen LogP contribution is 2.21. The van der Waals surface area contributed by atoms with Gasteiger partial charge in [-0.15, -0.1) is 11.3 Å². The summed E-state index contributed by atoms with van der Waals surface area (Å²) in [6.45, 7) is 0.447. The van der Waals surface area contributed by atoms with Gasteiger partial charge in [0.1, 0.15) is 0 Å². The second-order valence-electron chi connectivity index (χ2n) is 4.01. The number of hydrogen-bond acceptors (Lipinski definition) is 4. The molecule has 2 aromatic heterocycles. The van der Waals surface area contributed by atoms with Crippen LogP contribution in [0.15, 0.2) is 32.8 Å². The van der Waals surface area contributed by atoms with Crippen LogP contribution in [0, 0.1) is 0 Å². The molecule has 1 amide bonds. The van der Waals surface area contributed by atoms with E-state index in [9.17, 15) is 14.7 Å². The minimum Gasteiger partial charge on any atom is -0.494 e. The van der Waals surface area contributed by atoms with E-state index < -0.39 is 5.56 Å². The van der Waals surface area contributed by atoms with Crippen molar-refractivity contribution in [2.75, 3.05) is 7.05 Å². The molecule has 100 valence electrons. The molecule has 0 aliphatic carbocycles.